The van der Waals surface area contributed by atoms with Gasteiger partial charge in [-0.25, -0.2) is 0 Å². The molecule has 8 nitrogen and oxygen atoms in total. The number of nitro groups is 1. The number of benzene rings is 1. The van der Waals surface area contributed by atoms with Crippen LogP contribution in [0, 0.1) is 10.1 Å². The van der Waals surface area contributed by atoms with Crippen molar-refractivity contribution in [3.05, 3.63) is 28.3 Å². The molecular weight excluding hydrogens is 312 g/mol. The number of methoxy groups -OCH3 is 1. The monoisotopic (exact) mass is 335 g/mol. The van der Waals surface area contributed by atoms with Gasteiger partial charge in [0.25, 0.3) is 11.6 Å². The molecule has 0 radical (unpaired) electrons. The van der Waals surface area contributed by atoms with Crippen LogP contribution in [0.15, 0.2) is 18.2 Å². The van der Waals surface area contributed by atoms with E-state index in [1.54, 1.807) is 0 Å². The predicted molar refractivity (Wildman–Crippen MR) is 89.0 cm³/mol. The van der Waals surface area contributed by atoms with Gasteiger partial charge in [0.1, 0.15) is 5.75 Å². The van der Waals surface area contributed by atoms with Crippen LogP contribution in [0.2, 0.25) is 0 Å². The van der Waals surface area contributed by atoms with Gasteiger partial charge in [-0.05, 0) is 13.0 Å². The number of nitrogens with zero attached hydrogens (tertiary/aromatic N) is 3. The highest BCUT2D eigenvalue weighted by Gasteiger charge is 2.45. The van der Waals surface area contributed by atoms with Gasteiger partial charge in [-0.2, -0.15) is 0 Å². The van der Waals surface area contributed by atoms with E-state index in [0.29, 0.717) is 11.4 Å². The van der Waals surface area contributed by atoms with Crippen molar-refractivity contribution in [1.29, 1.82) is 0 Å². The van der Waals surface area contributed by atoms with E-state index in [1.165, 1.54) is 25.3 Å². The quantitative estimate of drug-likeness (QED) is 0.494. The Morgan fingerprint density at radius 3 is 2.50 bits per heavy atom. The summed E-state index contributed by atoms with van der Waals surface area (Å²) in [5, 5.41) is 13.8. The number of hydrogen-bond donors (Lipinski definition) is 1. The summed E-state index contributed by atoms with van der Waals surface area (Å²) in [6.45, 7) is 7.94. The fourth-order valence-corrected chi connectivity index (χ4v) is 3.67. The number of non-ortho nitro benzene ring substituents is 1. The number of amides is 1. The van der Waals surface area contributed by atoms with Crippen LogP contribution in [-0.4, -0.2) is 72.6 Å². The highest BCUT2D eigenvalue weighted by molar-refractivity contribution is 5.95. The summed E-state index contributed by atoms with van der Waals surface area (Å²) >= 11 is 0. The molecule has 0 saturated carbocycles. The predicted octanol–water partition coefficient (Wildman–Crippen LogP) is 1.08. The minimum Gasteiger partial charge on any atom is -0.495 e. The Morgan fingerprint density at radius 2 is 1.96 bits per heavy atom. The van der Waals surface area contributed by atoms with Crippen LogP contribution in [0.1, 0.15) is 6.92 Å². The highest BCUT2D eigenvalue weighted by atomic mass is 16.6. The van der Waals surface area contributed by atoms with Gasteiger partial charge in [0.2, 0.25) is 0 Å². The van der Waals surface area contributed by atoms with E-state index in [-0.39, 0.29) is 17.6 Å². The molecule has 3 aliphatic rings. The van der Waals surface area contributed by atoms with E-state index >= 15 is 0 Å². The molecule has 3 saturated heterocycles. The maximum atomic E-state index is 12.8. The second kappa shape index (κ2) is 6.37. The molecule has 1 atom stereocenters. The zero-order valence-electron chi connectivity index (χ0n) is 14.0. The minimum absolute atomic E-state index is 0.0719. The molecule has 3 fully saturated rings. The summed E-state index contributed by atoms with van der Waals surface area (Å²) in [7, 11) is 1.48. The average Bonchev–Trinajstić information content (AvgIpc) is 2.62. The summed E-state index contributed by atoms with van der Waals surface area (Å²) in [5.74, 6) is 0.300. The number of carbonyl (C=O) groups is 1. The van der Waals surface area contributed by atoms with E-state index in [1.807, 2.05) is 6.92 Å². The summed E-state index contributed by atoms with van der Waals surface area (Å²) in [6.07, 6.45) is 0. The summed E-state index contributed by atoms with van der Waals surface area (Å²) < 4.78 is 6.01. The van der Waals surface area contributed by atoms with Crippen LogP contribution >= 0.6 is 0 Å². The van der Waals surface area contributed by atoms with E-state index in [9.17, 15) is 14.9 Å². The second-order valence-electron chi connectivity index (χ2n) is 6.54. The minimum atomic E-state index is -0.482. The largest absolute Gasteiger partial charge is 0.495 e. The number of nitro benzene ring substituents is 1. The van der Waals surface area contributed by atoms with Gasteiger partial charge < -0.3 is 14.5 Å². The molecule has 1 N–H and O–H groups in total. The number of hydrogen-bond acceptors (Lipinski definition) is 5. The van der Waals surface area contributed by atoms with Gasteiger partial charge in [-0.1, -0.05) is 0 Å². The molecule has 8 heteroatoms. The Kier molecular flexibility index (Phi) is 4.42. The molecule has 3 aliphatic heterocycles. The fourth-order valence-electron chi connectivity index (χ4n) is 3.67. The fraction of sp³-hybridized carbons (Fsp3) is 0.562. The molecule has 24 heavy (non-hydrogen) atoms. The maximum Gasteiger partial charge on any atom is 0.282 e. The van der Waals surface area contributed by atoms with Gasteiger partial charge in [0.15, 0.2) is 6.04 Å². The molecule has 1 amide bonds. The van der Waals surface area contributed by atoms with Crippen LogP contribution in [0.3, 0.4) is 0 Å². The zero-order valence-corrected chi connectivity index (χ0v) is 14.0. The molecule has 0 spiro atoms. The van der Waals surface area contributed by atoms with Crippen molar-refractivity contribution in [2.75, 3.05) is 51.7 Å². The van der Waals surface area contributed by atoms with Crippen molar-refractivity contribution in [3.8, 4) is 5.75 Å². The van der Waals surface area contributed by atoms with Crippen LogP contribution in [0.5, 0.6) is 5.75 Å². The molecule has 4 rings (SSSR count). The maximum absolute atomic E-state index is 12.8. The lowest BCUT2D eigenvalue weighted by Crippen LogP contribution is -2.72. The molecule has 1 aromatic rings. The summed E-state index contributed by atoms with van der Waals surface area (Å²) in [6, 6.07) is 4.02. The zero-order chi connectivity index (χ0) is 17.3. The third-order valence-corrected chi connectivity index (χ3v) is 5.44. The van der Waals surface area contributed by atoms with E-state index in [0.717, 1.165) is 43.8 Å². The molecule has 1 aromatic carbocycles. The van der Waals surface area contributed by atoms with Crippen molar-refractivity contribution >= 4 is 17.3 Å². The Balaban J connectivity index is 1.78. The van der Waals surface area contributed by atoms with Crippen molar-refractivity contribution < 1.29 is 18.9 Å². The first-order valence-corrected chi connectivity index (χ1v) is 8.16. The lowest BCUT2D eigenvalue weighted by Gasteiger charge is -2.52. The van der Waals surface area contributed by atoms with Gasteiger partial charge in [-0.3, -0.25) is 19.8 Å². The van der Waals surface area contributed by atoms with E-state index in [2.05, 4.69) is 10.2 Å². The first-order chi connectivity index (χ1) is 11.4. The number of ether oxygens (including phenoxy) is 1. The van der Waals surface area contributed by atoms with Crippen molar-refractivity contribution in [1.82, 2.24) is 4.90 Å². The van der Waals surface area contributed by atoms with Crippen LogP contribution in [0.25, 0.3) is 0 Å². The Hall–Kier alpha value is -2.19. The first kappa shape index (κ1) is 16.7. The third kappa shape index (κ3) is 2.94. The van der Waals surface area contributed by atoms with Crippen molar-refractivity contribution in [2.24, 2.45) is 0 Å². The topological polar surface area (TPSA) is 84.7 Å². The number of piperazine rings is 3. The lowest BCUT2D eigenvalue weighted by molar-refractivity contribution is -0.953. The number of quaternary nitrogens is 1. The number of rotatable bonds is 5. The van der Waals surface area contributed by atoms with Gasteiger partial charge in [0.05, 0.1) is 37.4 Å². The lowest BCUT2D eigenvalue weighted by atomic mass is 10.1. The number of carbonyl (C=O) groups excluding carboxylic acids is 1. The van der Waals surface area contributed by atoms with Gasteiger partial charge in [0, 0.05) is 31.8 Å². The molecule has 0 aromatic heterocycles. The molecule has 130 valence electrons. The van der Waals surface area contributed by atoms with Crippen molar-refractivity contribution in [2.45, 2.75) is 13.0 Å². The normalized spacial score (nSPS) is 26.7. The molecule has 3 heterocycles. The standard InChI is InChI=1S/C16H22N4O4/c1-12(20-8-5-18(6-9-20)7-10-20)16(21)17-14-11-13(19(22)23)3-4-15(14)24-2/h3-4,11-12H,5-10H2,1-2H3/p+1/t12-/m1/s1. The number of anilines is 1. The molecular formula is C16H23N4O4+. The second-order valence-corrected chi connectivity index (χ2v) is 6.54. The van der Waals surface area contributed by atoms with Crippen molar-refractivity contribution in [3.63, 3.8) is 0 Å². The first-order valence-electron chi connectivity index (χ1n) is 8.16. The average molecular weight is 335 g/mol. The number of nitrogens with one attached hydrogen (secondary N) is 1. The summed E-state index contributed by atoms with van der Waals surface area (Å²) in [4.78, 5) is 25.7. The van der Waals surface area contributed by atoms with E-state index in [4.69, 9.17) is 4.74 Å². The van der Waals surface area contributed by atoms with Crippen LogP contribution < -0.4 is 10.1 Å². The van der Waals surface area contributed by atoms with Crippen LogP contribution in [0.4, 0.5) is 11.4 Å². The molecule has 0 aliphatic carbocycles. The van der Waals surface area contributed by atoms with Gasteiger partial charge in [-0.15, -0.1) is 0 Å². The highest BCUT2D eigenvalue weighted by Crippen LogP contribution is 2.30. The SMILES string of the molecule is COc1ccc([N+](=O)[O-])cc1NC(=O)[C@@H](C)[N+]12CCN(CC1)CC2. The van der Waals surface area contributed by atoms with Gasteiger partial charge >= 0.3 is 0 Å². The Bertz CT molecular complexity index is 642. The van der Waals surface area contributed by atoms with Crippen LogP contribution in [-0.2, 0) is 4.79 Å². The third-order valence-electron chi connectivity index (χ3n) is 5.44. The Labute approximate surface area is 140 Å². The smallest absolute Gasteiger partial charge is 0.282 e. The van der Waals surface area contributed by atoms with E-state index < -0.39 is 4.92 Å². The number of fused-ring (bicyclic) bond motifs is 3. The summed E-state index contributed by atoms with van der Waals surface area (Å²) in [5.41, 5.74) is 0.273. The molecule has 0 unspecified atom stereocenters. The molecule has 2 bridgehead atoms. The Morgan fingerprint density at radius 1 is 1.33 bits per heavy atom.